The van der Waals surface area contributed by atoms with Gasteiger partial charge in [0, 0.05) is 17.7 Å². The molecule has 0 aliphatic carbocycles. The third-order valence-electron chi connectivity index (χ3n) is 4.69. The van der Waals surface area contributed by atoms with Crippen LogP contribution in [-0.2, 0) is 6.54 Å². The summed E-state index contributed by atoms with van der Waals surface area (Å²) in [5, 5.41) is 37.2. The molecule has 3 N–H and O–H groups in total. The number of halogens is 1. The van der Waals surface area contributed by atoms with E-state index in [0.717, 1.165) is 11.1 Å². The van der Waals surface area contributed by atoms with Crippen LogP contribution in [0.15, 0.2) is 60.7 Å². The molecule has 0 amide bonds. The van der Waals surface area contributed by atoms with Gasteiger partial charge in [-0.1, -0.05) is 72.3 Å². The quantitative estimate of drug-likeness (QED) is 0.395. The Bertz CT molecular complexity index is 1130. The molecule has 2 aromatic heterocycles. The molecule has 0 saturated heterocycles. The van der Waals surface area contributed by atoms with E-state index in [-0.39, 0.29) is 13.1 Å². The highest BCUT2D eigenvalue weighted by molar-refractivity contribution is 6.38. The molecule has 30 heavy (non-hydrogen) atoms. The SMILES string of the molecule is C[C@H](O)CNC(O)Cn1nc(-c2ccccc2)c2c(Cl)c(-c3ccccc3)nnc21. The van der Waals surface area contributed by atoms with Gasteiger partial charge in [-0.3, -0.25) is 5.32 Å². The Balaban J connectivity index is 1.83. The number of benzene rings is 2. The van der Waals surface area contributed by atoms with Gasteiger partial charge in [0.2, 0.25) is 0 Å². The molecule has 0 radical (unpaired) electrons. The Hall–Kier alpha value is -2.84. The summed E-state index contributed by atoms with van der Waals surface area (Å²) in [6.45, 7) is 2.04. The molecule has 8 heteroatoms. The minimum atomic E-state index is -0.916. The summed E-state index contributed by atoms with van der Waals surface area (Å²) in [6, 6.07) is 19.3. The first kappa shape index (κ1) is 20.4. The fourth-order valence-corrected chi connectivity index (χ4v) is 3.58. The van der Waals surface area contributed by atoms with Crippen molar-refractivity contribution in [1.29, 1.82) is 0 Å². The Morgan fingerprint density at radius 3 is 2.13 bits per heavy atom. The molecule has 4 aromatic rings. The van der Waals surface area contributed by atoms with Gasteiger partial charge in [-0.2, -0.15) is 5.10 Å². The van der Waals surface area contributed by atoms with Gasteiger partial charge in [0.05, 0.1) is 23.1 Å². The molecule has 2 aromatic carbocycles. The topological polar surface area (TPSA) is 96.1 Å². The van der Waals surface area contributed by atoms with E-state index in [9.17, 15) is 10.2 Å². The molecule has 4 rings (SSSR count). The van der Waals surface area contributed by atoms with E-state index in [1.807, 2.05) is 60.7 Å². The van der Waals surface area contributed by atoms with Gasteiger partial charge in [-0.15, -0.1) is 10.2 Å². The summed E-state index contributed by atoms with van der Waals surface area (Å²) >= 11 is 6.82. The molecular weight excluding hydrogens is 402 g/mol. The maximum Gasteiger partial charge on any atom is 0.182 e. The maximum absolute atomic E-state index is 10.3. The first-order valence-electron chi connectivity index (χ1n) is 9.67. The van der Waals surface area contributed by atoms with Gasteiger partial charge in [-0.25, -0.2) is 4.68 Å². The Labute approximate surface area is 179 Å². The number of nitrogens with zero attached hydrogens (tertiary/aromatic N) is 4. The molecule has 0 fully saturated rings. The van der Waals surface area contributed by atoms with Crippen molar-refractivity contribution >= 4 is 22.6 Å². The van der Waals surface area contributed by atoms with E-state index in [4.69, 9.17) is 11.6 Å². The molecule has 0 spiro atoms. The first-order chi connectivity index (χ1) is 14.5. The van der Waals surface area contributed by atoms with Crippen molar-refractivity contribution in [2.24, 2.45) is 0 Å². The third kappa shape index (κ3) is 4.20. The van der Waals surface area contributed by atoms with Crippen LogP contribution < -0.4 is 5.32 Å². The molecule has 154 valence electrons. The maximum atomic E-state index is 10.3. The number of aliphatic hydroxyl groups excluding tert-OH is 2. The molecule has 0 aliphatic rings. The van der Waals surface area contributed by atoms with Crippen molar-refractivity contribution in [2.75, 3.05) is 6.54 Å². The third-order valence-corrected chi connectivity index (χ3v) is 5.05. The van der Waals surface area contributed by atoms with Crippen molar-refractivity contribution in [3.63, 3.8) is 0 Å². The molecule has 2 atom stereocenters. The monoisotopic (exact) mass is 423 g/mol. The first-order valence-corrected chi connectivity index (χ1v) is 10.1. The zero-order valence-electron chi connectivity index (χ0n) is 16.4. The van der Waals surface area contributed by atoms with Crippen LogP contribution in [0.1, 0.15) is 6.92 Å². The Morgan fingerprint density at radius 2 is 1.53 bits per heavy atom. The zero-order chi connectivity index (χ0) is 21.1. The second-order valence-corrected chi connectivity index (χ2v) is 7.47. The number of hydrogen-bond donors (Lipinski definition) is 3. The van der Waals surface area contributed by atoms with Gasteiger partial charge in [0.15, 0.2) is 5.65 Å². The summed E-state index contributed by atoms with van der Waals surface area (Å²) < 4.78 is 1.59. The largest absolute Gasteiger partial charge is 0.392 e. The van der Waals surface area contributed by atoms with Gasteiger partial charge in [-0.05, 0) is 6.92 Å². The van der Waals surface area contributed by atoms with Crippen molar-refractivity contribution < 1.29 is 10.2 Å². The molecule has 0 aliphatic heterocycles. The van der Waals surface area contributed by atoms with Crippen LogP contribution in [0.25, 0.3) is 33.5 Å². The van der Waals surface area contributed by atoms with E-state index in [2.05, 4.69) is 20.6 Å². The highest BCUT2D eigenvalue weighted by Crippen LogP contribution is 2.37. The van der Waals surface area contributed by atoms with Crippen molar-refractivity contribution in [3.05, 3.63) is 65.7 Å². The number of hydrogen-bond acceptors (Lipinski definition) is 6. The van der Waals surface area contributed by atoms with Crippen LogP contribution in [0.4, 0.5) is 0 Å². The number of fused-ring (bicyclic) bond motifs is 1. The van der Waals surface area contributed by atoms with E-state index in [1.54, 1.807) is 11.6 Å². The normalized spacial score (nSPS) is 13.5. The minimum absolute atomic E-state index is 0.131. The zero-order valence-corrected chi connectivity index (χ0v) is 17.2. The van der Waals surface area contributed by atoms with Crippen molar-refractivity contribution in [3.8, 4) is 22.5 Å². The Morgan fingerprint density at radius 1 is 0.933 bits per heavy atom. The van der Waals surface area contributed by atoms with Gasteiger partial charge < -0.3 is 10.2 Å². The van der Waals surface area contributed by atoms with Crippen LogP contribution in [0, 0.1) is 0 Å². The van der Waals surface area contributed by atoms with Crippen LogP contribution in [-0.4, -0.2) is 49.1 Å². The lowest BCUT2D eigenvalue weighted by Crippen LogP contribution is -2.37. The van der Waals surface area contributed by atoms with E-state index in [0.29, 0.717) is 27.4 Å². The lowest BCUT2D eigenvalue weighted by atomic mass is 10.1. The van der Waals surface area contributed by atoms with Crippen LogP contribution >= 0.6 is 11.6 Å². The summed E-state index contributed by atoms with van der Waals surface area (Å²) in [4.78, 5) is 0. The smallest absolute Gasteiger partial charge is 0.182 e. The number of rotatable bonds is 7. The molecule has 7 nitrogen and oxygen atoms in total. The number of aliphatic hydroxyl groups is 2. The van der Waals surface area contributed by atoms with E-state index in [1.165, 1.54) is 0 Å². The van der Waals surface area contributed by atoms with E-state index < -0.39 is 12.3 Å². The second-order valence-electron chi connectivity index (χ2n) is 7.10. The van der Waals surface area contributed by atoms with Crippen molar-refractivity contribution in [2.45, 2.75) is 25.8 Å². The Kier molecular flexibility index (Phi) is 6.06. The lowest BCUT2D eigenvalue weighted by Gasteiger charge is -2.14. The molecule has 1 unspecified atom stereocenters. The summed E-state index contributed by atoms with van der Waals surface area (Å²) in [6.07, 6.45) is -1.49. The molecule has 0 saturated carbocycles. The highest BCUT2D eigenvalue weighted by atomic mass is 35.5. The fraction of sp³-hybridized carbons (Fsp3) is 0.227. The van der Waals surface area contributed by atoms with Gasteiger partial charge in [0.1, 0.15) is 17.6 Å². The van der Waals surface area contributed by atoms with Crippen LogP contribution in [0.5, 0.6) is 0 Å². The summed E-state index contributed by atoms with van der Waals surface area (Å²) in [5.41, 5.74) is 3.49. The minimum Gasteiger partial charge on any atom is -0.392 e. The predicted molar refractivity (Wildman–Crippen MR) is 117 cm³/mol. The number of nitrogens with one attached hydrogen (secondary N) is 1. The average Bonchev–Trinajstić information content (AvgIpc) is 3.13. The van der Waals surface area contributed by atoms with Crippen molar-refractivity contribution in [1.82, 2.24) is 25.3 Å². The fourth-order valence-electron chi connectivity index (χ4n) is 3.26. The molecule has 0 bridgehead atoms. The molecular formula is C22H22ClN5O2. The highest BCUT2D eigenvalue weighted by Gasteiger charge is 2.22. The molecule has 2 heterocycles. The van der Waals surface area contributed by atoms with Crippen LogP contribution in [0.2, 0.25) is 5.02 Å². The standard InChI is InChI=1S/C22H22ClN5O2/c1-14(29)12-24-17(30)13-28-22-18(20(27-28)15-8-4-2-5-9-15)19(23)21(25-26-22)16-10-6-3-7-11-16/h2-11,14,17,24,29-30H,12-13H2,1H3/t14-,17?/m0/s1. The second kappa shape index (κ2) is 8.89. The van der Waals surface area contributed by atoms with Gasteiger partial charge in [0.25, 0.3) is 0 Å². The summed E-state index contributed by atoms with van der Waals surface area (Å²) in [7, 11) is 0. The number of aromatic nitrogens is 4. The lowest BCUT2D eigenvalue weighted by molar-refractivity contribution is 0.0923. The predicted octanol–water partition coefficient (Wildman–Crippen LogP) is 3.10. The van der Waals surface area contributed by atoms with Gasteiger partial charge >= 0.3 is 0 Å². The van der Waals surface area contributed by atoms with E-state index >= 15 is 0 Å². The average molecular weight is 424 g/mol. The summed E-state index contributed by atoms with van der Waals surface area (Å²) in [5.74, 6) is 0. The van der Waals surface area contributed by atoms with Crippen LogP contribution in [0.3, 0.4) is 0 Å².